The van der Waals surface area contributed by atoms with E-state index in [4.69, 9.17) is 5.73 Å². The largest absolute Gasteiger partial charge is 0.398 e. The van der Waals surface area contributed by atoms with E-state index >= 15 is 0 Å². The van der Waals surface area contributed by atoms with Crippen LogP contribution < -0.4 is 10.5 Å². The zero-order valence-corrected chi connectivity index (χ0v) is 13.4. The maximum atomic E-state index is 12.3. The minimum Gasteiger partial charge on any atom is -0.398 e. The molecule has 0 saturated heterocycles. The van der Waals surface area contributed by atoms with Crippen LogP contribution >= 0.6 is 15.9 Å². The molecule has 0 bridgehead atoms. The lowest BCUT2D eigenvalue weighted by molar-refractivity contribution is 0.539. The topological polar surface area (TPSA) is 90.0 Å². The van der Waals surface area contributed by atoms with Crippen LogP contribution in [0.25, 0.3) is 0 Å². The van der Waals surface area contributed by atoms with Crippen LogP contribution in [0.15, 0.2) is 39.8 Å². The fourth-order valence-corrected chi connectivity index (χ4v) is 3.28. The van der Waals surface area contributed by atoms with E-state index in [0.29, 0.717) is 16.0 Å². The molecule has 1 aromatic heterocycles. The first-order valence-electron chi connectivity index (χ1n) is 5.92. The number of nitrogens with zero attached hydrogens (tertiary/aromatic N) is 2. The highest BCUT2D eigenvalue weighted by atomic mass is 79.9. The summed E-state index contributed by atoms with van der Waals surface area (Å²) >= 11 is 3.22. The normalized spacial score (nSPS) is 11.8. The molecule has 0 aliphatic rings. The van der Waals surface area contributed by atoms with Crippen molar-refractivity contribution >= 4 is 37.5 Å². The number of nitrogens with one attached hydrogen (secondary N) is 1. The first kappa shape index (κ1) is 14.9. The molecule has 20 heavy (non-hydrogen) atoms. The number of benzene rings is 1. The highest BCUT2D eigenvalue weighted by molar-refractivity contribution is 9.10. The Bertz CT molecular complexity index is 725. The monoisotopic (exact) mass is 358 g/mol. The number of nitrogens with two attached hydrogens (primary N) is 1. The number of hydrogen-bond acceptors (Lipinski definition) is 4. The van der Waals surface area contributed by atoms with E-state index < -0.39 is 10.0 Å². The highest BCUT2D eigenvalue weighted by Crippen LogP contribution is 2.25. The molecule has 1 aromatic carbocycles. The minimum atomic E-state index is -3.67. The molecule has 6 nitrogen and oxygen atoms in total. The summed E-state index contributed by atoms with van der Waals surface area (Å²) in [5.74, 6) is 0.424. The molecule has 0 aliphatic heterocycles. The third kappa shape index (κ3) is 2.96. The van der Waals surface area contributed by atoms with Crippen molar-refractivity contribution in [3.8, 4) is 0 Å². The molecule has 108 valence electrons. The second-order valence-corrected chi connectivity index (χ2v) is 7.08. The summed E-state index contributed by atoms with van der Waals surface area (Å²) in [5.41, 5.74) is 6.14. The van der Waals surface area contributed by atoms with Gasteiger partial charge in [-0.3, -0.25) is 4.72 Å². The van der Waals surface area contributed by atoms with Gasteiger partial charge >= 0.3 is 0 Å². The van der Waals surface area contributed by atoms with E-state index in [-0.39, 0.29) is 10.9 Å². The maximum absolute atomic E-state index is 12.3. The first-order chi connectivity index (χ1) is 9.31. The number of hydrogen-bond donors (Lipinski definition) is 2. The standard InChI is InChI=1S/C12H15BrN4O2S/c1-8(2)17-12(5-6-15-17)16-20(18,19)9-3-4-11(14)10(13)7-9/h3-8,16H,14H2,1-2H3. The molecule has 1 heterocycles. The van der Waals surface area contributed by atoms with E-state index in [1.165, 1.54) is 12.1 Å². The van der Waals surface area contributed by atoms with Crippen LogP contribution in [-0.4, -0.2) is 18.2 Å². The van der Waals surface area contributed by atoms with Gasteiger partial charge in [0.25, 0.3) is 10.0 Å². The van der Waals surface area contributed by atoms with Crippen LogP contribution in [0.2, 0.25) is 0 Å². The average molecular weight is 359 g/mol. The van der Waals surface area contributed by atoms with Crippen LogP contribution in [-0.2, 0) is 10.0 Å². The van der Waals surface area contributed by atoms with E-state index in [9.17, 15) is 8.42 Å². The minimum absolute atomic E-state index is 0.0563. The van der Waals surface area contributed by atoms with Crippen molar-refractivity contribution in [2.24, 2.45) is 0 Å². The van der Waals surface area contributed by atoms with Crippen LogP contribution in [0.1, 0.15) is 19.9 Å². The highest BCUT2D eigenvalue weighted by Gasteiger charge is 2.18. The molecule has 2 aromatic rings. The lowest BCUT2D eigenvalue weighted by atomic mass is 10.3. The van der Waals surface area contributed by atoms with Gasteiger partial charge in [0.15, 0.2) is 0 Å². The molecule has 8 heteroatoms. The molecule has 0 aliphatic carbocycles. The van der Waals surface area contributed by atoms with Crippen LogP contribution in [0.4, 0.5) is 11.5 Å². The van der Waals surface area contributed by atoms with Gasteiger partial charge in [0.1, 0.15) is 5.82 Å². The Labute approximate surface area is 126 Å². The van der Waals surface area contributed by atoms with Gasteiger partial charge in [0.2, 0.25) is 0 Å². The number of anilines is 2. The maximum Gasteiger partial charge on any atom is 0.263 e. The predicted octanol–water partition coefficient (Wildman–Crippen LogP) is 2.61. The average Bonchev–Trinajstić information content (AvgIpc) is 2.80. The smallest absolute Gasteiger partial charge is 0.263 e. The molecule has 0 saturated carbocycles. The summed E-state index contributed by atoms with van der Waals surface area (Å²) < 4.78 is 29.3. The Morgan fingerprint density at radius 2 is 2.05 bits per heavy atom. The summed E-state index contributed by atoms with van der Waals surface area (Å²) in [6, 6.07) is 6.13. The van der Waals surface area contributed by atoms with Crippen molar-refractivity contribution in [2.45, 2.75) is 24.8 Å². The van der Waals surface area contributed by atoms with Gasteiger partial charge in [-0.1, -0.05) is 0 Å². The molecule has 0 spiro atoms. The number of sulfonamides is 1. The van der Waals surface area contributed by atoms with Gasteiger partial charge in [0, 0.05) is 22.3 Å². The molecule has 0 radical (unpaired) electrons. The van der Waals surface area contributed by atoms with Crippen molar-refractivity contribution in [2.75, 3.05) is 10.5 Å². The second kappa shape index (κ2) is 5.45. The van der Waals surface area contributed by atoms with Crippen molar-refractivity contribution in [1.82, 2.24) is 9.78 Å². The summed E-state index contributed by atoms with van der Waals surface area (Å²) in [4.78, 5) is 0.134. The summed E-state index contributed by atoms with van der Waals surface area (Å²) in [6.07, 6.45) is 1.55. The molecule has 2 rings (SSSR count). The zero-order chi connectivity index (χ0) is 14.9. The van der Waals surface area contributed by atoms with E-state index in [1.54, 1.807) is 23.0 Å². The summed E-state index contributed by atoms with van der Waals surface area (Å²) in [5, 5.41) is 4.09. The van der Waals surface area contributed by atoms with Gasteiger partial charge in [-0.25, -0.2) is 13.1 Å². The fourth-order valence-electron chi connectivity index (χ4n) is 1.68. The van der Waals surface area contributed by atoms with E-state index in [1.807, 2.05) is 13.8 Å². The third-order valence-electron chi connectivity index (χ3n) is 2.68. The summed E-state index contributed by atoms with van der Waals surface area (Å²) in [7, 11) is -3.67. The molecular formula is C12H15BrN4O2S. The fraction of sp³-hybridized carbons (Fsp3) is 0.250. The Kier molecular flexibility index (Phi) is 4.05. The number of aromatic nitrogens is 2. The first-order valence-corrected chi connectivity index (χ1v) is 8.20. The molecule has 0 amide bonds. The quantitative estimate of drug-likeness (QED) is 0.821. The van der Waals surface area contributed by atoms with Crippen molar-refractivity contribution in [3.63, 3.8) is 0 Å². The SMILES string of the molecule is CC(C)n1nccc1NS(=O)(=O)c1ccc(N)c(Br)c1. The van der Waals surface area contributed by atoms with Gasteiger partial charge in [-0.2, -0.15) is 5.10 Å². The third-order valence-corrected chi connectivity index (χ3v) is 4.72. The zero-order valence-electron chi connectivity index (χ0n) is 11.0. The Morgan fingerprint density at radius 3 is 2.65 bits per heavy atom. The van der Waals surface area contributed by atoms with Crippen molar-refractivity contribution < 1.29 is 8.42 Å². The molecular weight excluding hydrogens is 344 g/mol. The van der Waals surface area contributed by atoms with E-state index in [0.717, 1.165) is 0 Å². The Balaban J connectivity index is 2.36. The molecule has 0 atom stereocenters. The molecule has 0 fully saturated rings. The Hall–Kier alpha value is -1.54. The number of nitrogen functional groups attached to an aromatic ring is 1. The van der Waals surface area contributed by atoms with Gasteiger partial charge in [-0.15, -0.1) is 0 Å². The lowest BCUT2D eigenvalue weighted by Crippen LogP contribution is -2.17. The molecule has 0 unspecified atom stereocenters. The number of halogens is 1. The van der Waals surface area contributed by atoms with E-state index in [2.05, 4.69) is 25.8 Å². The van der Waals surface area contributed by atoms with Crippen LogP contribution in [0.5, 0.6) is 0 Å². The predicted molar refractivity (Wildman–Crippen MR) is 82.0 cm³/mol. The second-order valence-electron chi connectivity index (χ2n) is 4.54. The van der Waals surface area contributed by atoms with Crippen LogP contribution in [0.3, 0.4) is 0 Å². The lowest BCUT2D eigenvalue weighted by Gasteiger charge is -2.13. The van der Waals surface area contributed by atoms with Gasteiger partial charge in [-0.05, 0) is 48.0 Å². The number of rotatable bonds is 4. The Morgan fingerprint density at radius 1 is 1.35 bits per heavy atom. The van der Waals surface area contributed by atoms with Crippen LogP contribution in [0, 0.1) is 0 Å². The van der Waals surface area contributed by atoms with Gasteiger partial charge < -0.3 is 5.73 Å². The molecule has 3 N–H and O–H groups in total. The van der Waals surface area contributed by atoms with Crippen molar-refractivity contribution in [1.29, 1.82) is 0 Å². The van der Waals surface area contributed by atoms with Gasteiger partial charge in [0.05, 0.1) is 11.1 Å². The van der Waals surface area contributed by atoms with Crippen molar-refractivity contribution in [3.05, 3.63) is 34.9 Å². The summed E-state index contributed by atoms with van der Waals surface area (Å²) in [6.45, 7) is 3.84.